The molecule has 120 valence electrons. The zero-order valence-corrected chi connectivity index (χ0v) is 12.7. The Morgan fingerprint density at radius 2 is 1.74 bits per heavy atom. The number of carbonyl (C=O) groups excluding carboxylic acids is 1. The fourth-order valence-corrected chi connectivity index (χ4v) is 2.59. The summed E-state index contributed by atoms with van der Waals surface area (Å²) in [5.41, 5.74) is 0.462. The van der Waals surface area contributed by atoms with Crippen LogP contribution in [0, 0.1) is 0 Å². The summed E-state index contributed by atoms with van der Waals surface area (Å²) >= 11 is 0. The lowest BCUT2D eigenvalue weighted by Crippen LogP contribution is -2.39. The van der Waals surface area contributed by atoms with Gasteiger partial charge in [0.25, 0.3) is 0 Å². The smallest absolute Gasteiger partial charge is 0.242 e. The number of ether oxygens (including phenoxy) is 3. The highest BCUT2D eigenvalue weighted by atomic mass is 16.6. The summed E-state index contributed by atoms with van der Waals surface area (Å²) in [5.74, 6) is -1.43. The first-order valence-electron chi connectivity index (χ1n) is 6.97. The van der Waals surface area contributed by atoms with Crippen molar-refractivity contribution in [3.8, 4) is 23.0 Å². The molecule has 0 radical (unpaired) electrons. The van der Waals surface area contributed by atoms with Gasteiger partial charge in [-0.2, -0.15) is 0 Å². The maximum atomic E-state index is 12.4. The van der Waals surface area contributed by atoms with Crippen molar-refractivity contribution < 1.29 is 29.2 Å². The number of ketones is 1. The molecule has 0 saturated carbocycles. The van der Waals surface area contributed by atoms with Gasteiger partial charge in [0.2, 0.25) is 5.79 Å². The molecule has 0 aromatic heterocycles. The SMILES string of the molecule is COc1ccc(C2(O)CC(=O)c3c(O)cc(OC)cc3O2)cc1. The number of methoxy groups -OCH3 is 2. The molecule has 6 nitrogen and oxygen atoms in total. The number of aliphatic hydroxyl groups is 1. The summed E-state index contributed by atoms with van der Waals surface area (Å²) < 4.78 is 15.8. The van der Waals surface area contributed by atoms with E-state index in [-0.39, 0.29) is 23.5 Å². The van der Waals surface area contributed by atoms with E-state index in [0.717, 1.165) is 0 Å². The van der Waals surface area contributed by atoms with Crippen molar-refractivity contribution in [2.24, 2.45) is 0 Å². The molecule has 2 aromatic carbocycles. The minimum atomic E-state index is -1.81. The fourth-order valence-electron chi connectivity index (χ4n) is 2.59. The van der Waals surface area contributed by atoms with Crippen LogP contribution in [-0.2, 0) is 5.79 Å². The minimum Gasteiger partial charge on any atom is -0.507 e. The van der Waals surface area contributed by atoms with Crippen LogP contribution in [-0.4, -0.2) is 30.2 Å². The van der Waals surface area contributed by atoms with Gasteiger partial charge >= 0.3 is 0 Å². The zero-order valence-electron chi connectivity index (χ0n) is 12.7. The van der Waals surface area contributed by atoms with Crippen molar-refractivity contribution in [1.29, 1.82) is 0 Å². The molecular formula is C17H16O6. The number of benzene rings is 2. The molecule has 23 heavy (non-hydrogen) atoms. The van der Waals surface area contributed by atoms with Crippen LogP contribution < -0.4 is 14.2 Å². The van der Waals surface area contributed by atoms with Crippen LogP contribution in [0.5, 0.6) is 23.0 Å². The van der Waals surface area contributed by atoms with Gasteiger partial charge in [0.1, 0.15) is 28.6 Å². The first-order valence-corrected chi connectivity index (χ1v) is 6.97. The molecule has 6 heteroatoms. The van der Waals surface area contributed by atoms with E-state index in [1.807, 2.05) is 0 Å². The normalized spacial score (nSPS) is 19.7. The number of phenolic OH excluding ortho intramolecular Hbond substituents is 1. The van der Waals surface area contributed by atoms with Gasteiger partial charge < -0.3 is 24.4 Å². The minimum absolute atomic E-state index is 0.0454. The third-order valence-corrected chi connectivity index (χ3v) is 3.79. The van der Waals surface area contributed by atoms with Crippen molar-refractivity contribution >= 4 is 5.78 Å². The summed E-state index contributed by atoms with van der Waals surface area (Å²) in [7, 11) is 2.97. The van der Waals surface area contributed by atoms with Crippen molar-refractivity contribution in [1.82, 2.24) is 0 Å². The lowest BCUT2D eigenvalue weighted by molar-refractivity contribution is -0.147. The van der Waals surface area contributed by atoms with Crippen LogP contribution in [0.25, 0.3) is 0 Å². The van der Waals surface area contributed by atoms with E-state index in [0.29, 0.717) is 17.1 Å². The molecule has 2 aromatic rings. The molecule has 1 aliphatic heterocycles. The van der Waals surface area contributed by atoms with E-state index in [4.69, 9.17) is 14.2 Å². The maximum Gasteiger partial charge on any atom is 0.242 e. The number of hydrogen-bond donors (Lipinski definition) is 2. The second-order valence-electron chi connectivity index (χ2n) is 5.23. The van der Waals surface area contributed by atoms with E-state index in [1.165, 1.54) is 26.4 Å². The van der Waals surface area contributed by atoms with E-state index in [2.05, 4.69) is 0 Å². The molecule has 2 N–H and O–H groups in total. The largest absolute Gasteiger partial charge is 0.507 e. The van der Waals surface area contributed by atoms with Gasteiger partial charge in [-0.15, -0.1) is 0 Å². The average molecular weight is 316 g/mol. The Morgan fingerprint density at radius 3 is 2.35 bits per heavy atom. The van der Waals surface area contributed by atoms with Crippen LogP contribution >= 0.6 is 0 Å². The van der Waals surface area contributed by atoms with Gasteiger partial charge in [0.15, 0.2) is 5.78 Å². The number of Topliss-reactive ketones (excluding diaryl/α,β-unsaturated/α-hetero) is 1. The van der Waals surface area contributed by atoms with E-state index in [9.17, 15) is 15.0 Å². The number of fused-ring (bicyclic) bond motifs is 1. The zero-order chi connectivity index (χ0) is 16.6. The van der Waals surface area contributed by atoms with Crippen LogP contribution in [0.2, 0.25) is 0 Å². The van der Waals surface area contributed by atoms with E-state index >= 15 is 0 Å². The lowest BCUT2D eigenvalue weighted by Gasteiger charge is -2.34. The van der Waals surface area contributed by atoms with Gasteiger partial charge in [-0.25, -0.2) is 0 Å². The third kappa shape index (κ3) is 2.57. The van der Waals surface area contributed by atoms with Gasteiger partial charge in [0, 0.05) is 17.7 Å². The number of carbonyl (C=O) groups is 1. The topological polar surface area (TPSA) is 85.2 Å². The van der Waals surface area contributed by atoms with E-state index < -0.39 is 11.6 Å². The molecule has 0 bridgehead atoms. The molecule has 0 spiro atoms. The van der Waals surface area contributed by atoms with Crippen LogP contribution in [0.1, 0.15) is 22.3 Å². The molecule has 1 unspecified atom stereocenters. The first-order chi connectivity index (χ1) is 11.0. The average Bonchev–Trinajstić information content (AvgIpc) is 2.53. The highest BCUT2D eigenvalue weighted by Crippen LogP contribution is 2.43. The summed E-state index contributed by atoms with van der Waals surface area (Å²) in [6.07, 6.45) is -0.299. The molecular weight excluding hydrogens is 300 g/mol. The van der Waals surface area contributed by atoms with Crippen LogP contribution in [0.4, 0.5) is 0 Å². The third-order valence-electron chi connectivity index (χ3n) is 3.79. The second-order valence-corrected chi connectivity index (χ2v) is 5.23. The summed E-state index contributed by atoms with van der Waals surface area (Å²) in [6.45, 7) is 0. The van der Waals surface area contributed by atoms with Gasteiger partial charge in [-0.1, -0.05) is 0 Å². The molecule has 0 fully saturated rings. The second kappa shape index (κ2) is 5.48. The Balaban J connectivity index is 2.04. The summed E-state index contributed by atoms with van der Waals surface area (Å²) in [4.78, 5) is 12.4. The van der Waals surface area contributed by atoms with Gasteiger partial charge in [-0.05, 0) is 24.3 Å². The Morgan fingerprint density at radius 1 is 1.09 bits per heavy atom. The summed E-state index contributed by atoms with van der Waals surface area (Å²) in [5, 5.41) is 20.7. The molecule has 0 amide bonds. The fraction of sp³-hybridized carbons (Fsp3) is 0.235. The standard InChI is InChI=1S/C17H16O6/c1-21-11-5-3-10(4-6-11)17(20)9-14(19)16-13(18)7-12(22-2)8-15(16)23-17/h3-8,18,20H,9H2,1-2H3. The van der Waals surface area contributed by atoms with Gasteiger partial charge in [-0.3, -0.25) is 4.79 Å². The van der Waals surface area contributed by atoms with E-state index in [1.54, 1.807) is 24.3 Å². The molecule has 1 atom stereocenters. The summed E-state index contributed by atoms with van der Waals surface area (Å²) in [6, 6.07) is 9.37. The quantitative estimate of drug-likeness (QED) is 0.903. The number of rotatable bonds is 3. The lowest BCUT2D eigenvalue weighted by atomic mass is 9.92. The number of phenols is 1. The first kappa shape index (κ1) is 15.2. The van der Waals surface area contributed by atoms with Crippen molar-refractivity contribution in [3.63, 3.8) is 0 Å². The Bertz CT molecular complexity index is 752. The van der Waals surface area contributed by atoms with Crippen LogP contribution in [0.15, 0.2) is 36.4 Å². The highest BCUT2D eigenvalue weighted by molar-refractivity contribution is 6.03. The maximum absolute atomic E-state index is 12.4. The molecule has 0 aliphatic carbocycles. The molecule has 0 saturated heterocycles. The van der Waals surface area contributed by atoms with Crippen molar-refractivity contribution in [2.45, 2.75) is 12.2 Å². The monoisotopic (exact) mass is 316 g/mol. The van der Waals surface area contributed by atoms with Crippen molar-refractivity contribution in [2.75, 3.05) is 14.2 Å². The highest BCUT2D eigenvalue weighted by Gasteiger charge is 2.42. The Kier molecular flexibility index (Phi) is 3.61. The number of aromatic hydroxyl groups is 1. The van der Waals surface area contributed by atoms with Gasteiger partial charge in [0.05, 0.1) is 20.6 Å². The Hall–Kier alpha value is -2.73. The molecule has 1 aliphatic rings. The van der Waals surface area contributed by atoms with Crippen LogP contribution in [0.3, 0.4) is 0 Å². The Labute approximate surface area is 132 Å². The molecule has 3 rings (SSSR count). The van der Waals surface area contributed by atoms with Crippen molar-refractivity contribution in [3.05, 3.63) is 47.5 Å². The molecule has 1 heterocycles. The predicted molar refractivity (Wildman–Crippen MR) is 81.1 cm³/mol. The predicted octanol–water partition coefficient (Wildman–Crippen LogP) is 2.22. The number of hydrogen-bond acceptors (Lipinski definition) is 6.